The summed E-state index contributed by atoms with van der Waals surface area (Å²) in [5.41, 5.74) is 3.33. The molecule has 0 unspecified atom stereocenters. The minimum Gasteiger partial charge on any atom is -0.492 e. The number of carboxylic acid groups (broad SMARTS) is 1. The predicted octanol–water partition coefficient (Wildman–Crippen LogP) is 6.31. The SMILES string of the molecule is O=C(CCc1ccc2ccccc2c1)NCCOc1ccc(C[C@H](Nc2ccccc2C(=O)c2ccccc2)C(=O)O)cc1. The molecular formula is C37H34N2O5. The van der Waals surface area contributed by atoms with Crippen LogP contribution in [0.2, 0.25) is 0 Å². The van der Waals surface area contributed by atoms with Crippen molar-refractivity contribution in [2.24, 2.45) is 0 Å². The van der Waals surface area contributed by atoms with Crippen LogP contribution in [0.3, 0.4) is 0 Å². The molecule has 44 heavy (non-hydrogen) atoms. The number of para-hydroxylation sites is 1. The molecule has 1 amide bonds. The lowest BCUT2D eigenvalue weighted by Crippen LogP contribution is -2.32. The van der Waals surface area contributed by atoms with Crippen LogP contribution in [0.5, 0.6) is 5.75 Å². The van der Waals surface area contributed by atoms with Crippen LogP contribution < -0.4 is 15.4 Å². The van der Waals surface area contributed by atoms with Gasteiger partial charge in [-0.15, -0.1) is 0 Å². The van der Waals surface area contributed by atoms with Crippen LogP contribution in [0.4, 0.5) is 5.69 Å². The van der Waals surface area contributed by atoms with Gasteiger partial charge in [-0.1, -0.05) is 97.1 Å². The van der Waals surface area contributed by atoms with E-state index in [0.717, 1.165) is 11.1 Å². The molecule has 0 fully saturated rings. The standard InChI is InChI=1S/C37H34N2O5/c40-35(21-17-26-14-18-28-8-4-5-11-30(28)24-26)38-22-23-44-31-19-15-27(16-20-31)25-34(37(42)43)39-33-13-7-6-12-32(33)36(41)29-9-2-1-3-10-29/h1-16,18-20,24,34,39H,17,21-23,25H2,(H,38,40)(H,42,43)/t34-/m0/s1. The van der Waals surface area contributed by atoms with Crippen LogP contribution in [-0.2, 0) is 22.4 Å². The Bertz CT molecular complexity index is 1730. The van der Waals surface area contributed by atoms with Crippen LogP contribution in [0.1, 0.15) is 33.5 Å². The third kappa shape index (κ3) is 8.10. The smallest absolute Gasteiger partial charge is 0.326 e. The molecule has 7 nitrogen and oxygen atoms in total. The van der Waals surface area contributed by atoms with Crippen molar-refractivity contribution in [2.45, 2.75) is 25.3 Å². The highest BCUT2D eigenvalue weighted by Gasteiger charge is 2.21. The van der Waals surface area contributed by atoms with E-state index in [9.17, 15) is 19.5 Å². The maximum atomic E-state index is 13.1. The maximum absolute atomic E-state index is 13.1. The summed E-state index contributed by atoms with van der Waals surface area (Å²) in [7, 11) is 0. The van der Waals surface area contributed by atoms with Gasteiger partial charge < -0.3 is 20.5 Å². The Hall–Kier alpha value is -5.43. The molecule has 0 saturated carbocycles. The summed E-state index contributed by atoms with van der Waals surface area (Å²) in [4.78, 5) is 37.5. The van der Waals surface area contributed by atoms with Crippen molar-refractivity contribution in [3.63, 3.8) is 0 Å². The highest BCUT2D eigenvalue weighted by Crippen LogP contribution is 2.22. The highest BCUT2D eigenvalue weighted by molar-refractivity contribution is 6.12. The van der Waals surface area contributed by atoms with Crippen LogP contribution >= 0.6 is 0 Å². The number of anilines is 1. The van der Waals surface area contributed by atoms with Crippen LogP contribution in [0, 0.1) is 0 Å². The van der Waals surface area contributed by atoms with Crippen molar-refractivity contribution >= 4 is 34.1 Å². The second kappa shape index (κ2) is 14.6. The van der Waals surface area contributed by atoms with Crippen molar-refractivity contribution in [3.05, 3.63) is 144 Å². The van der Waals surface area contributed by atoms with Gasteiger partial charge in [-0.25, -0.2) is 4.79 Å². The quantitative estimate of drug-likeness (QED) is 0.104. The molecule has 5 rings (SSSR count). The average Bonchev–Trinajstić information content (AvgIpc) is 3.06. The van der Waals surface area contributed by atoms with E-state index in [4.69, 9.17) is 4.74 Å². The summed E-state index contributed by atoms with van der Waals surface area (Å²) in [6.07, 6.45) is 1.27. The van der Waals surface area contributed by atoms with E-state index in [1.807, 2.05) is 30.3 Å². The number of carbonyl (C=O) groups excluding carboxylic acids is 2. The van der Waals surface area contributed by atoms with Crippen LogP contribution in [0.15, 0.2) is 121 Å². The number of amides is 1. The number of ether oxygens (including phenoxy) is 1. The van der Waals surface area contributed by atoms with Gasteiger partial charge in [-0.05, 0) is 52.6 Å². The van der Waals surface area contributed by atoms with Crippen molar-refractivity contribution in [1.82, 2.24) is 5.32 Å². The summed E-state index contributed by atoms with van der Waals surface area (Å²) in [6, 6.07) is 36.5. The number of ketones is 1. The third-order valence-electron chi connectivity index (χ3n) is 7.35. The molecule has 0 bridgehead atoms. The number of hydrogen-bond acceptors (Lipinski definition) is 5. The summed E-state index contributed by atoms with van der Waals surface area (Å²) in [6.45, 7) is 0.691. The van der Waals surface area contributed by atoms with Gasteiger partial charge in [0.2, 0.25) is 5.91 Å². The third-order valence-corrected chi connectivity index (χ3v) is 7.35. The van der Waals surface area contributed by atoms with E-state index >= 15 is 0 Å². The van der Waals surface area contributed by atoms with E-state index in [1.165, 1.54) is 10.8 Å². The van der Waals surface area contributed by atoms with E-state index in [2.05, 4.69) is 41.0 Å². The Kier molecular flexibility index (Phi) is 10.0. The number of benzene rings is 5. The molecule has 3 N–H and O–H groups in total. The molecule has 0 saturated heterocycles. The van der Waals surface area contributed by atoms with Gasteiger partial charge in [0.25, 0.3) is 0 Å². The summed E-state index contributed by atoms with van der Waals surface area (Å²) >= 11 is 0. The van der Waals surface area contributed by atoms with Crippen molar-refractivity contribution in [3.8, 4) is 5.75 Å². The molecule has 7 heteroatoms. The zero-order valence-electron chi connectivity index (χ0n) is 24.2. The first kappa shape index (κ1) is 30.0. The molecule has 0 spiro atoms. The average molecular weight is 587 g/mol. The predicted molar refractivity (Wildman–Crippen MR) is 172 cm³/mol. The summed E-state index contributed by atoms with van der Waals surface area (Å²) in [5.74, 6) is -0.613. The molecule has 0 aliphatic heterocycles. The van der Waals surface area contributed by atoms with Crippen molar-refractivity contribution in [2.75, 3.05) is 18.5 Å². The Morgan fingerprint density at radius 3 is 2.18 bits per heavy atom. The molecule has 0 heterocycles. The molecule has 0 aliphatic carbocycles. The number of fused-ring (bicyclic) bond motifs is 1. The van der Waals surface area contributed by atoms with E-state index in [-0.39, 0.29) is 18.1 Å². The van der Waals surface area contributed by atoms with Crippen molar-refractivity contribution in [1.29, 1.82) is 0 Å². The Morgan fingerprint density at radius 1 is 0.727 bits per heavy atom. The fourth-order valence-corrected chi connectivity index (χ4v) is 5.00. The first-order valence-corrected chi connectivity index (χ1v) is 14.6. The van der Waals surface area contributed by atoms with Crippen LogP contribution in [-0.4, -0.2) is 42.0 Å². The number of carbonyl (C=O) groups is 3. The second-order valence-electron chi connectivity index (χ2n) is 10.5. The van der Waals surface area contributed by atoms with Gasteiger partial charge in [0, 0.05) is 29.7 Å². The lowest BCUT2D eigenvalue weighted by Gasteiger charge is -2.18. The molecule has 5 aromatic rings. The lowest BCUT2D eigenvalue weighted by molar-refractivity contribution is -0.137. The summed E-state index contributed by atoms with van der Waals surface area (Å²) in [5, 5.41) is 18.2. The lowest BCUT2D eigenvalue weighted by atomic mass is 10.00. The molecule has 1 atom stereocenters. The summed E-state index contributed by atoms with van der Waals surface area (Å²) < 4.78 is 5.77. The minimum atomic E-state index is -1.02. The zero-order chi connectivity index (χ0) is 30.7. The number of nitrogens with one attached hydrogen (secondary N) is 2. The van der Waals surface area contributed by atoms with Gasteiger partial charge in [-0.2, -0.15) is 0 Å². The van der Waals surface area contributed by atoms with Gasteiger partial charge in [-0.3, -0.25) is 9.59 Å². The van der Waals surface area contributed by atoms with E-state index in [1.54, 1.807) is 60.7 Å². The Morgan fingerprint density at radius 2 is 1.41 bits per heavy atom. The molecular weight excluding hydrogens is 552 g/mol. The Labute approximate surface area is 256 Å². The number of aliphatic carboxylic acids is 1. The van der Waals surface area contributed by atoms with Gasteiger partial charge in [0.05, 0.1) is 6.54 Å². The number of aryl methyl sites for hydroxylation is 1. The highest BCUT2D eigenvalue weighted by atomic mass is 16.5. The zero-order valence-corrected chi connectivity index (χ0v) is 24.2. The largest absolute Gasteiger partial charge is 0.492 e. The van der Waals surface area contributed by atoms with E-state index in [0.29, 0.717) is 48.6 Å². The molecule has 0 aromatic heterocycles. The first-order chi connectivity index (χ1) is 21.5. The molecule has 5 aromatic carbocycles. The minimum absolute atomic E-state index is 0.0311. The molecule has 222 valence electrons. The number of rotatable bonds is 14. The number of hydrogen-bond donors (Lipinski definition) is 3. The molecule has 0 radical (unpaired) electrons. The van der Waals surface area contributed by atoms with Crippen LogP contribution in [0.25, 0.3) is 10.8 Å². The fourth-order valence-electron chi connectivity index (χ4n) is 5.00. The van der Waals surface area contributed by atoms with Gasteiger partial charge in [0.1, 0.15) is 18.4 Å². The number of carboxylic acids is 1. The van der Waals surface area contributed by atoms with E-state index < -0.39 is 12.0 Å². The Balaban J connectivity index is 1.08. The van der Waals surface area contributed by atoms with Gasteiger partial charge in [0.15, 0.2) is 5.78 Å². The maximum Gasteiger partial charge on any atom is 0.326 e. The topological polar surface area (TPSA) is 105 Å². The molecule has 0 aliphatic rings. The van der Waals surface area contributed by atoms with Gasteiger partial charge >= 0.3 is 5.97 Å². The monoisotopic (exact) mass is 586 g/mol. The fraction of sp³-hybridized carbons (Fsp3) is 0.162. The van der Waals surface area contributed by atoms with Crippen molar-refractivity contribution < 1.29 is 24.2 Å². The second-order valence-corrected chi connectivity index (χ2v) is 10.5. The first-order valence-electron chi connectivity index (χ1n) is 14.6. The normalized spacial score (nSPS) is 11.5.